The Balaban J connectivity index is 0. The molecule has 0 saturated carbocycles. The van der Waals surface area contributed by atoms with Crippen LogP contribution >= 0.6 is 35.1 Å². The van der Waals surface area contributed by atoms with Gasteiger partial charge in [-0.05, 0) is 6.92 Å². The number of esters is 1. The summed E-state index contributed by atoms with van der Waals surface area (Å²) in [5, 5.41) is 6.42. The maximum absolute atomic E-state index is 10.5. The van der Waals surface area contributed by atoms with Crippen LogP contribution in [0.2, 0.25) is 0 Å². The molecule has 8 heteroatoms. The van der Waals surface area contributed by atoms with E-state index in [1.165, 1.54) is 6.92 Å². The lowest BCUT2D eigenvalue weighted by molar-refractivity contribution is -0.137. The van der Waals surface area contributed by atoms with Crippen LogP contribution in [0.3, 0.4) is 0 Å². The second-order valence-electron chi connectivity index (χ2n) is 2.19. The zero-order valence-electron chi connectivity index (χ0n) is 8.17. The third kappa shape index (κ3) is 13.7. The smallest absolute Gasteiger partial charge is 0.385 e. The highest BCUT2D eigenvalue weighted by molar-refractivity contribution is 8.74. The van der Waals surface area contributed by atoms with E-state index in [1.54, 1.807) is 6.92 Å². The van der Waals surface area contributed by atoms with Crippen molar-refractivity contribution in [2.75, 3.05) is 0 Å². The summed E-state index contributed by atoms with van der Waals surface area (Å²) >= 11 is 7.27. The van der Waals surface area contributed by atoms with E-state index in [0.29, 0.717) is 10.8 Å². The summed E-state index contributed by atoms with van der Waals surface area (Å²) in [7, 11) is 0.549. The molecule has 0 aliphatic carbocycles. The van der Waals surface area contributed by atoms with Crippen LogP contribution in [-0.2, 0) is 14.3 Å². The number of carbonyl (C=O) groups is 3. The number of ether oxygens (including phenoxy) is 1. The number of carbonyl (C=O) groups excluding carboxylic acids is 2. The maximum atomic E-state index is 10.5. The van der Waals surface area contributed by atoms with E-state index in [1.807, 2.05) is 0 Å². The first-order valence-electron chi connectivity index (χ1n) is 3.82. The van der Waals surface area contributed by atoms with Gasteiger partial charge in [-0.25, -0.2) is 4.79 Å². The van der Waals surface area contributed by atoms with Gasteiger partial charge >= 0.3 is 17.2 Å². The van der Waals surface area contributed by atoms with Gasteiger partial charge in [-0.3, -0.25) is 9.59 Å². The average Bonchev–Trinajstić information content (AvgIpc) is 2.18. The molecule has 0 heterocycles. The van der Waals surface area contributed by atoms with Gasteiger partial charge in [0.15, 0.2) is 0 Å². The molecule has 1 N–H and O–H groups in total. The molecule has 0 fully saturated rings. The van der Waals surface area contributed by atoms with Crippen molar-refractivity contribution in [1.29, 1.82) is 0 Å². The molecule has 0 aromatic rings. The molecule has 15 heavy (non-hydrogen) atoms. The summed E-state index contributed by atoms with van der Waals surface area (Å²) in [6.07, 6.45) is 0.222. The zero-order valence-corrected chi connectivity index (χ0v) is 10.8. The highest BCUT2D eigenvalue weighted by atomic mass is 33.1. The van der Waals surface area contributed by atoms with E-state index < -0.39 is 22.5 Å². The standard InChI is InChI=1S/C4H6O3S3.C3H6O2/c1-2(8)3(5)7-4(6)10-9;1-2-3(4)5/h2,8-9H,1H3;2H2,1H3,(H,4,5). The van der Waals surface area contributed by atoms with Crippen molar-refractivity contribution in [1.82, 2.24) is 0 Å². The molecule has 0 aromatic carbocycles. The first kappa shape index (κ1) is 17.1. The summed E-state index contributed by atoms with van der Waals surface area (Å²) in [5.41, 5.74) is 0. The van der Waals surface area contributed by atoms with Crippen molar-refractivity contribution in [3.8, 4) is 0 Å². The third-order valence-electron chi connectivity index (χ3n) is 0.902. The molecule has 88 valence electrons. The molecule has 0 saturated heterocycles. The second kappa shape index (κ2) is 10.2. The van der Waals surface area contributed by atoms with Crippen LogP contribution in [0.1, 0.15) is 20.3 Å². The number of rotatable bonds is 2. The van der Waals surface area contributed by atoms with Crippen molar-refractivity contribution in [2.45, 2.75) is 25.5 Å². The van der Waals surface area contributed by atoms with E-state index >= 15 is 0 Å². The number of hydrogen-bond donors (Lipinski definition) is 3. The lowest BCUT2D eigenvalue weighted by Gasteiger charge is -2.00. The molecule has 0 radical (unpaired) electrons. The summed E-state index contributed by atoms with van der Waals surface area (Å²) in [4.78, 5) is 30.2. The van der Waals surface area contributed by atoms with E-state index in [0.717, 1.165) is 0 Å². The molecule has 0 aliphatic rings. The SMILES string of the molecule is CC(S)C(=O)OC(=O)SS.CCC(=O)O. The Hall–Kier alpha value is -0.340. The first-order valence-corrected chi connectivity index (χ1v) is 6.20. The van der Waals surface area contributed by atoms with E-state index in [-0.39, 0.29) is 6.42 Å². The first-order chi connectivity index (χ1) is 6.84. The van der Waals surface area contributed by atoms with Crippen molar-refractivity contribution in [2.24, 2.45) is 0 Å². The fraction of sp³-hybridized carbons (Fsp3) is 0.571. The van der Waals surface area contributed by atoms with E-state index in [4.69, 9.17) is 5.11 Å². The number of carboxylic acids is 1. The summed E-state index contributed by atoms with van der Waals surface area (Å²) in [5.74, 6) is -1.40. The van der Waals surface area contributed by atoms with Crippen LogP contribution < -0.4 is 0 Å². The van der Waals surface area contributed by atoms with Crippen LogP contribution in [0.25, 0.3) is 0 Å². The van der Waals surface area contributed by atoms with Gasteiger partial charge in [0.25, 0.3) is 0 Å². The third-order valence-corrected chi connectivity index (χ3v) is 1.79. The lowest BCUT2D eigenvalue weighted by atomic mass is 10.5. The Bertz CT molecular complexity index is 229. The largest absolute Gasteiger partial charge is 0.481 e. The van der Waals surface area contributed by atoms with Crippen LogP contribution in [0, 0.1) is 0 Å². The van der Waals surface area contributed by atoms with Gasteiger partial charge in [-0.1, -0.05) is 18.6 Å². The highest BCUT2D eigenvalue weighted by Crippen LogP contribution is 2.10. The Kier molecular flexibility index (Phi) is 11.6. The van der Waals surface area contributed by atoms with Crippen LogP contribution in [-0.4, -0.2) is 27.6 Å². The highest BCUT2D eigenvalue weighted by Gasteiger charge is 2.13. The molecule has 0 rings (SSSR count). The molecule has 0 amide bonds. The molecule has 0 aromatic heterocycles. The van der Waals surface area contributed by atoms with Crippen LogP contribution in [0.4, 0.5) is 4.79 Å². The Morgan fingerprint density at radius 3 is 2.07 bits per heavy atom. The number of carboxylic acid groups (broad SMARTS) is 1. The van der Waals surface area contributed by atoms with Gasteiger partial charge in [-0.2, -0.15) is 12.6 Å². The summed E-state index contributed by atoms with van der Waals surface area (Å²) in [6.45, 7) is 3.12. The minimum atomic E-state index is -0.745. The van der Waals surface area contributed by atoms with E-state index in [9.17, 15) is 14.4 Å². The molecule has 5 nitrogen and oxygen atoms in total. The molecule has 0 bridgehead atoms. The van der Waals surface area contributed by atoms with Crippen LogP contribution in [0.15, 0.2) is 0 Å². The normalized spacial score (nSPS) is 10.7. The molecule has 1 unspecified atom stereocenters. The predicted molar refractivity (Wildman–Crippen MR) is 64.4 cm³/mol. The zero-order chi connectivity index (χ0) is 12.4. The molecule has 0 spiro atoms. The summed E-state index contributed by atoms with van der Waals surface area (Å²) < 4.78 is 4.19. The quantitative estimate of drug-likeness (QED) is 0.309. The van der Waals surface area contributed by atoms with Gasteiger partial charge in [0.1, 0.15) is 0 Å². The summed E-state index contributed by atoms with van der Waals surface area (Å²) in [6, 6.07) is 0. The Labute approximate surface area is 102 Å². The number of aliphatic carboxylic acids is 1. The maximum Gasteiger partial charge on any atom is 0.385 e. The molecule has 0 aliphatic heterocycles. The fourth-order valence-corrected chi connectivity index (χ4v) is 0.470. The lowest BCUT2D eigenvalue weighted by Crippen LogP contribution is -2.15. The van der Waals surface area contributed by atoms with Gasteiger partial charge < -0.3 is 9.84 Å². The van der Waals surface area contributed by atoms with Crippen molar-refractivity contribution in [3.63, 3.8) is 0 Å². The predicted octanol–water partition coefficient (Wildman–Crippen LogP) is 2.03. The Morgan fingerprint density at radius 2 is 1.87 bits per heavy atom. The molecule has 1 atom stereocenters. The number of thiol groups is 2. The minimum absolute atomic E-state index is 0.222. The molecular weight excluding hydrogens is 260 g/mol. The van der Waals surface area contributed by atoms with Crippen molar-refractivity contribution >= 4 is 52.3 Å². The second-order valence-corrected chi connectivity index (χ2v) is 4.02. The average molecular weight is 272 g/mol. The fourth-order valence-electron chi connectivity index (χ4n) is 0.186. The van der Waals surface area contributed by atoms with Gasteiger partial charge in [-0.15, -0.1) is 0 Å². The monoisotopic (exact) mass is 272 g/mol. The Morgan fingerprint density at radius 1 is 1.47 bits per heavy atom. The van der Waals surface area contributed by atoms with Gasteiger partial charge in [0.2, 0.25) is 0 Å². The van der Waals surface area contributed by atoms with Gasteiger partial charge in [0, 0.05) is 17.2 Å². The number of hydrogen-bond acceptors (Lipinski definition) is 7. The minimum Gasteiger partial charge on any atom is -0.481 e. The van der Waals surface area contributed by atoms with Gasteiger partial charge in [0.05, 0.1) is 5.25 Å². The van der Waals surface area contributed by atoms with Crippen molar-refractivity contribution < 1.29 is 24.2 Å². The topological polar surface area (TPSA) is 80.7 Å². The van der Waals surface area contributed by atoms with Crippen LogP contribution in [0.5, 0.6) is 0 Å². The van der Waals surface area contributed by atoms with Crippen molar-refractivity contribution in [3.05, 3.63) is 0 Å². The molecular formula is C7H12O5S3. The van der Waals surface area contributed by atoms with E-state index in [2.05, 4.69) is 29.0 Å².